The number of allylic oxidation sites excluding steroid dienone is 1. The van der Waals surface area contributed by atoms with Crippen LogP contribution in [0.3, 0.4) is 0 Å². The Morgan fingerprint density at radius 3 is 2.83 bits per heavy atom. The minimum Gasteiger partial charge on any atom is -0.355 e. The number of rotatable bonds is 3. The predicted octanol–water partition coefficient (Wildman–Crippen LogP) is 3.07. The van der Waals surface area contributed by atoms with E-state index in [1.165, 1.54) is 6.07 Å². The highest BCUT2D eigenvalue weighted by atomic mass is 19.1. The molecule has 0 atom stereocenters. The smallest absolute Gasteiger partial charge is 0.173 e. The maximum absolute atomic E-state index is 14.0. The van der Waals surface area contributed by atoms with Crippen LogP contribution in [-0.2, 0) is 11.2 Å². The molecule has 0 bridgehead atoms. The van der Waals surface area contributed by atoms with Gasteiger partial charge >= 0.3 is 0 Å². The lowest BCUT2D eigenvalue weighted by molar-refractivity contribution is -0.113. The number of Topliss-reactive ketones (excluding diaryl/α,β-unsaturated/α-hetero) is 1. The molecule has 3 aromatic heterocycles. The molecule has 0 saturated carbocycles. The molecule has 5 rings (SSSR count). The molecule has 4 heterocycles. The van der Waals surface area contributed by atoms with Crippen LogP contribution in [-0.4, -0.2) is 57.8 Å². The highest BCUT2D eigenvalue weighted by Gasteiger charge is 2.24. The third-order valence-electron chi connectivity index (χ3n) is 5.99. The van der Waals surface area contributed by atoms with E-state index < -0.39 is 5.82 Å². The molecule has 1 aliphatic carbocycles. The zero-order valence-electron chi connectivity index (χ0n) is 17.0. The van der Waals surface area contributed by atoms with Gasteiger partial charge in [0.05, 0.1) is 17.8 Å². The number of halogens is 1. The fourth-order valence-electron chi connectivity index (χ4n) is 4.27. The van der Waals surface area contributed by atoms with Gasteiger partial charge in [0.15, 0.2) is 17.2 Å². The van der Waals surface area contributed by atoms with Crippen LogP contribution in [0.5, 0.6) is 0 Å². The maximum atomic E-state index is 14.0. The number of aromatic nitrogens is 3. The zero-order chi connectivity index (χ0) is 20.7. The van der Waals surface area contributed by atoms with E-state index >= 15 is 0 Å². The lowest BCUT2D eigenvalue weighted by Crippen LogP contribution is -2.31. The van der Waals surface area contributed by atoms with E-state index in [0.29, 0.717) is 11.3 Å². The highest BCUT2D eigenvalue weighted by Crippen LogP contribution is 2.29. The minimum atomic E-state index is -0.404. The Hall–Kier alpha value is -3.06. The van der Waals surface area contributed by atoms with Crippen LogP contribution in [0.25, 0.3) is 17.3 Å². The average Bonchev–Trinajstić information content (AvgIpc) is 3.04. The van der Waals surface area contributed by atoms with Crippen molar-refractivity contribution >= 4 is 28.9 Å². The molecule has 0 aromatic carbocycles. The molecular weight excluding hydrogens is 381 g/mol. The Morgan fingerprint density at radius 1 is 1.10 bits per heavy atom. The van der Waals surface area contributed by atoms with E-state index in [1.54, 1.807) is 22.9 Å². The molecule has 0 unspecified atom stereocenters. The highest BCUT2D eigenvalue weighted by molar-refractivity contribution is 6.27. The van der Waals surface area contributed by atoms with Gasteiger partial charge in [0, 0.05) is 37.6 Å². The lowest BCUT2D eigenvalue weighted by atomic mass is 9.93. The van der Waals surface area contributed by atoms with Crippen molar-refractivity contribution in [1.29, 1.82) is 0 Å². The number of ketones is 1. The summed E-state index contributed by atoms with van der Waals surface area (Å²) >= 11 is 0. The number of anilines is 1. The average molecular weight is 405 g/mol. The van der Waals surface area contributed by atoms with E-state index in [9.17, 15) is 9.18 Å². The second-order valence-electron chi connectivity index (χ2n) is 7.85. The van der Waals surface area contributed by atoms with Crippen molar-refractivity contribution in [2.24, 2.45) is 0 Å². The number of fused-ring (bicyclic) bond motifs is 2. The first kappa shape index (κ1) is 18.9. The summed E-state index contributed by atoms with van der Waals surface area (Å²) in [7, 11) is 0. The Labute approximate surface area is 174 Å². The monoisotopic (exact) mass is 405 g/mol. The zero-order valence-corrected chi connectivity index (χ0v) is 17.0. The minimum absolute atomic E-state index is 0.0380. The molecule has 1 fully saturated rings. The standard InChI is InChI=1S/C23H24FN5O/c1-2-27-8-4-10-28(12-11-27)22-7-6-16-13-17(21(30)14-19(16)25-22)20-15-29-9-3-5-18(24)23(29)26-20/h3,5-7,9,13,15H,2,4,8,10-12,14H2,1H3. The third kappa shape index (κ3) is 3.39. The van der Waals surface area contributed by atoms with Gasteiger partial charge in [-0.25, -0.2) is 14.4 Å². The Balaban J connectivity index is 1.45. The molecule has 2 aliphatic rings. The van der Waals surface area contributed by atoms with Crippen molar-refractivity contribution in [1.82, 2.24) is 19.3 Å². The number of nitrogens with zero attached hydrogens (tertiary/aromatic N) is 5. The van der Waals surface area contributed by atoms with Gasteiger partial charge in [-0.05, 0) is 55.4 Å². The Kier molecular flexibility index (Phi) is 4.83. The molecule has 3 aromatic rings. The van der Waals surface area contributed by atoms with E-state index in [1.807, 2.05) is 18.2 Å². The third-order valence-corrected chi connectivity index (χ3v) is 5.99. The number of imidazole rings is 1. The van der Waals surface area contributed by atoms with Crippen molar-refractivity contribution in [3.8, 4) is 0 Å². The normalized spacial score (nSPS) is 17.7. The van der Waals surface area contributed by atoms with Crippen LogP contribution >= 0.6 is 0 Å². The topological polar surface area (TPSA) is 53.7 Å². The maximum Gasteiger partial charge on any atom is 0.173 e. The van der Waals surface area contributed by atoms with Crippen molar-refractivity contribution < 1.29 is 9.18 Å². The van der Waals surface area contributed by atoms with Crippen LogP contribution in [0.2, 0.25) is 0 Å². The molecule has 1 aliphatic heterocycles. The second kappa shape index (κ2) is 7.65. The largest absolute Gasteiger partial charge is 0.355 e. The first-order valence-corrected chi connectivity index (χ1v) is 10.5. The molecule has 0 radical (unpaired) electrons. The van der Waals surface area contributed by atoms with Crippen molar-refractivity contribution in [2.75, 3.05) is 37.6 Å². The Bertz CT molecular complexity index is 1150. The van der Waals surface area contributed by atoms with Crippen LogP contribution in [0.4, 0.5) is 10.2 Å². The summed E-state index contributed by atoms with van der Waals surface area (Å²) in [4.78, 5) is 26.8. The van der Waals surface area contributed by atoms with Gasteiger partial charge in [-0.15, -0.1) is 0 Å². The number of likely N-dealkylation sites (N-methyl/N-ethyl adjacent to an activating group) is 1. The van der Waals surface area contributed by atoms with Gasteiger partial charge in [-0.1, -0.05) is 6.92 Å². The van der Waals surface area contributed by atoms with Gasteiger partial charge in [0.25, 0.3) is 0 Å². The van der Waals surface area contributed by atoms with E-state index in [2.05, 4.69) is 21.7 Å². The summed E-state index contributed by atoms with van der Waals surface area (Å²) in [6.07, 6.45) is 6.61. The van der Waals surface area contributed by atoms with E-state index in [0.717, 1.165) is 56.2 Å². The fourth-order valence-corrected chi connectivity index (χ4v) is 4.27. The lowest BCUT2D eigenvalue weighted by Gasteiger charge is -2.24. The molecule has 0 spiro atoms. The van der Waals surface area contributed by atoms with Gasteiger partial charge in [-0.3, -0.25) is 4.79 Å². The summed E-state index contributed by atoms with van der Waals surface area (Å²) in [6, 6.07) is 7.05. The molecule has 0 amide bonds. The summed E-state index contributed by atoms with van der Waals surface area (Å²) in [5.41, 5.74) is 2.95. The van der Waals surface area contributed by atoms with Crippen molar-refractivity contribution in [2.45, 2.75) is 19.8 Å². The van der Waals surface area contributed by atoms with Crippen LogP contribution in [0.15, 0.2) is 36.7 Å². The summed E-state index contributed by atoms with van der Waals surface area (Å²) < 4.78 is 15.6. The molecule has 1 saturated heterocycles. The molecule has 0 N–H and O–H groups in total. The van der Waals surface area contributed by atoms with Crippen molar-refractivity contribution in [3.63, 3.8) is 0 Å². The molecular formula is C23H24FN5O. The van der Waals surface area contributed by atoms with Gasteiger partial charge in [-0.2, -0.15) is 0 Å². The first-order chi connectivity index (χ1) is 14.6. The fraction of sp³-hybridized carbons (Fsp3) is 0.348. The number of hydrogen-bond donors (Lipinski definition) is 0. The predicted molar refractivity (Wildman–Crippen MR) is 115 cm³/mol. The summed E-state index contributed by atoms with van der Waals surface area (Å²) in [5, 5.41) is 0. The number of hydrogen-bond acceptors (Lipinski definition) is 5. The quantitative estimate of drug-likeness (QED) is 0.670. The SMILES string of the molecule is CCN1CCCN(c2ccc3c(n2)CC(=O)C(c2cn4cccc(F)c4n2)=C3)CC1. The summed E-state index contributed by atoms with van der Waals surface area (Å²) in [5.74, 6) is 0.494. The van der Waals surface area contributed by atoms with Crippen LogP contribution in [0, 0.1) is 5.82 Å². The van der Waals surface area contributed by atoms with Gasteiger partial charge in [0.1, 0.15) is 5.82 Å². The van der Waals surface area contributed by atoms with Gasteiger partial charge in [0.2, 0.25) is 0 Å². The first-order valence-electron chi connectivity index (χ1n) is 10.5. The number of pyridine rings is 2. The van der Waals surface area contributed by atoms with E-state index in [-0.39, 0.29) is 17.9 Å². The molecule has 30 heavy (non-hydrogen) atoms. The summed E-state index contributed by atoms with van der Waals surface area (Å²) in [6.45, 7) is 7.33. The molecule has 7 heteroatoms. The molecule has 154 valence electrons. The number of carbonyl (C=O) groups is 1. The molecule has 6 nitrogen and oxygen atoms in total. The van der Waals surface area contributed by atoms with Crippen LogP contribution < -0.4 is 4.90 Å². The van der Waals surface area contributed by atoms with E-state index in [4.69, 9.17) is 4.98 Å². The van der Waals surface area contributed by atoms with Gasteiger partial charge < -0.3 is 14.2 Å². The Morgan fingerprint density at radius 2 is 2.00 bits per heavy atom. The second-order valence-corrected chi connectivity index (χ2v) is 7.85. The van der Waals surface area contributed by atoms with Crippen LogP contribution in [0.1, 0.15) is 30.3 Å². The number of carbonyl (C=O) groups excluding carboxylic acids is 1. The van der Waals surface area contributed by atoms with Crippen molar-refractivity contribution in [3.05, 3.63) is 59.4 Å².